The Morgan fingerprint density at radius 3 is 2.56 bits per heavy atom. The summed E-state index contributed by atoms with van der Waals surface area (Å²) in [6.07, 6.45) is 2.90. The minimum Gasteiger partial charge on any atom is -0.368 e. The fourth-order valence-corrected chi connectivity index (χ4v) is 1.58. The fraction of sp³-hybridized carbons (Fsp3) is 0.286. The van der Waals surface area contributed by atoms with Crippen LogP contribution in [-0.4, -0.2) is 17.9 Å². The summed E-state index contributed by atoms with van der Waals surface area (Å²) < 4.78 is 0. The lowest BCUT2D eigenvalue weighted by atomic mass is 10.1. The second-order valence-electron chi connectivity index (χ2n) is 4.03. The quantitative estimate of drug-likeness (QED) is 0.709. The van der Waals surface area contributed by atoms with Crippen LogP contribution in [0.1, 0.15) is 18.4 Å². The Kier molecular flexibility index (Phi) is 5.64. The lowest BCUT2D eigenvalue weighted by molar-refractivity contribution is -0.127. The van der Waals surface area contributed by atoms with Crippen molar-refractivity contribution in [1.82, 2.24) is 5.32 Å². The Morgan fingerprint density at radius 2 is 2.00 bits per heavy atom. The maximum absolute atomic E-state index is 11.7. The van der Waals surface area contributed by atoms with Crippen molar-refractivity contribution in [2.45, 2.75) is 25.3 Å². The van der Waals surface area contributed by atoms with Crippen molar-refractivity contribution in [2.75, 3.05) is 0 Å². The van der Waals surface area contributed by atoms with Gasteiger partial charge in [-0.3, -0.25) is 9.59 Å². The van der Waals surface area contributed by atoms with Gasteiger partial charge in [-0.25, -0.2) is 0 Å². The zero-order valence-corrected chi connectivity index (χ0v) is 10.3. The molecule has 4 nitrogen and oxygen atoms in total. The topological polar surface area (TPSA) is 72.2 Å². The number of hydrogen-bond acceptors (Lipinski definition) is 2. The van der Waals surface area contributed by atoms with E-state index in [1.165, 1.54) is 0 Å². The molecule has 0 aliphatic carbocycles. The van der Waals surface area contributed by atoms with Gasteiger partial charge in [-0.15, -0.1) is 6.58 Å². The van der Waals surface area contributed by atoms with E-state index in [1.54, 1.807) is 6.08 Å². The molecule has 0 radical (unpaired) electrons. The van der Waals surface area contributed by atoms with Gasteiger partial charge in [-0.05, 0) is 18.4 Å². The second kappa shape index (κ2) is 7.27. The van der Waals surface area contributed by atoms with Crippen LogP contribution in [0.15, 0.2) is 43.0 Å². The highest BCUT2D eigenvalue weighted by Crippen LogP contribution is 2.02. The van der Waals surface area contributed by atoms with Crippen molar-refractivity contribution in [1.29, 1.82) is 0 Å². The van der Waals surface area contributed by atoms with Gasteiger partial charge in [-0.2, -0.15) is 0 Å². The average molecular weight is 246 g/mol. The maximum atomic E-state index is 11.7. The zero-order valence-electron chi connectivity index (χ0n) is 10.3. The molecule has 0 bridgehead atoms. The van der Waals surface area contributed by atoms with E-state index in [2.05, 4.69) is 11.9 Å². The minimum atomic E-state index is -0.661. The van der Waals surface area contributed by atoms with Crippen LogP contribution in [-0.2, 0) is 16.0 Å². The molecule has 4 heteroatoms. The zero-order chi connectivity index (χ0) is 13.4. The van der Waals surface area contributed by atoms with Gasteiger partial charge in [0, 0.05) is 6.42 Å². The molecular weight excluding hydrogens is 228 g/mol. The number of nitrogens with one attached hydrogen (secondary N) is 1. The first-order chi connectivity index (χ1) is 8.63. The molecule has 1 aromatic carbocycles. The summed E-state index contributed by atoms with van der Waals surface area (Å²) in [6, 6.07) is 9.04. The van der Waals surface area contributed by atoms with Crippen molar-refractivity contribution >= 4 is 11.8 Å². The summed E-state index contributed by atoms with van der Waals surface area (Å²) in [5.74, 6) is -0.715. The minimum absolute atomic E-state index is 0.176. The molecule has 0 aliphatic rings. The number of amides is 2. The standard InChI is InChI=1S/C14H18N2O2/c1-2-6-12(14(15)18)16-13(17)10-9-11-7-4-3-5-8-11/h2-5,7-8,12H,1,6,9-10H2,(H2,15,18)(H,16,17)/t12-/m0/s1. The smallest absolute Gasteiger partial charge is 0.240 e. The van der Waals surface area contributed by atoms with Crippen LogP contribution in [0.4, 0.5) is 0 Å². The number of nitrogens with two attached hydrogens (primary N) is 1. The number of hydrogen-bond donors (Lipinski definition) is 2. The van der Waals surface area contributed by atoms with Crippen molar-refractivity contribution in [3.05, 3.63) is 48.6 Å². The molecule has 2 amide bonds. The Morgan fingerprint density at radius 1 is 1.33 bits per heavy atom. The third-order valence-corrected chi connectivity index (χ3v) is 2.56. The molecule has 0 spiro atoms. The number of aryl methyl sites for hydroxylation is 1. The summed E-state index contributed by atoms with van der Waals surface area (Å²) in [7, 11) is 0. The first-order valence-corrected chi connectivity index (χ1v) is 5.87. The molecule has 0 heterocycles. The van der Waals surface area contributed by atoms with Crippen molar-refractivity contribution in [3.63, 3.8) is 0 Å². The molecule has 96 valence electrons. The largest absolute Gasteiger partial charge is 0.368 e. The molecule has 0 fully saturated rings. The summed E-state index contributed by atoms with van der Waals surface area (Å²) in [4.78, 5) is 22.7. The van der Waals surface area contributed by atoms with E-state index in [4.69, 9.17) is 5.73 Å². The van der Waals surface area contributed by atoms with Gasteiger partial charge in [0.15, 0.2) is 0 Å². The normalized spacial score (nSPS) is 11.6. The van der Waals surface area contributed by atoms with Crippen molar-refractivity contribution in [2.24, 2.45) is 5.73 Å². The van der Waals surface area contributed by atoms with E-state index in [-0.39, 0.29) is 5.91 Å². The fourth-order valence-electron chi connectivity index (χ4n) is 1.58. The SMILES string of the molecule is C=CC[C@H](NC(=O)CCc1ccccc1)C(N)=O. The van der Waals surface area contributed by atoms with E-state index in [0.717, 1.165) is 5.56 Å². The van der Waals surface area contributed by atoms with E-state index in [9.17, 15) is 9.59 Å². The van der Waals surface area contributed by atoms with Gasteiger partial charge in [0.1, 0.15) is 6.04 Å². The van der Waals surface area contributed by atoms with Gasteiger partial charge < -0.3 is 11.1 Å². The van der Waals surface area contributed by atoms with E-state index >= 15 is 0 Å². The first-order valence-electron chi connectivity index (χ1n) is 5.87. The van der Waals surface area contributed by atoms with E-state index in [1.807, 2.05) is 30.3 Å². The van der Waals surface area contributed by atoms with Crippen LogP contribution in [0.3, 0.4) is 0 Å². The van der Waals surface area contributed by atoms with E-state index < -0.39 is 11.9 Å². The Labute approximate surface area is 107 Å². The monoisotopic (exact) mass is 246 g/mol. The van der Waals surface area contributed by atoms with Crippen LogP contribution in [0.5, 0.6) is 0 Å². The Hall–Kier alpha value is -2.10. The average Bonchev–Trinajstić information content (AvgIpc) is 2.37. The first kappa shape index (κ1) is 14.0. The van der Waals surface area contributed by atoms with Crippen molar-refractivity contribution < 1.29 is 9.59 Å². The molecule has 0 aliphatic heterocycles. The molecule has 1 aromatic rings. The van der Waals surface area contributed by atoms with Gasteiger partial charge in [-0.1, -0.05) is 36.4 Å². The third kappa shape index (κ3) is 4.82. The second-order valence-corrected chi connectivity index (χ2v) is 4.03. The Bertz CT molecular complexity index is 415. The van der Waals surface area contributed by atoms with Crippen LogP contribution in [0.2, 0.25) is 0 Å². The predicted octanol–water partition coefficient (Wildman–Crippen LogP) is 1.17. The van der Waals surface area contributed by atoms with Gasteiger partial charge in [0.05, 0.1) is 0 Å². The number of benzene rings is 1. The van der Waals surface area contributed by atoms with Crippen LogP contribution in [0, 0.1) is 0 Å². The molecule has 1 rings (SSSR count). The Balaban J connectivity index is 2.41. The molecule has 1 atom stereocenters. The maximum Gasteiger partial charge on any atom is 0.240 e. The third-order valence-electron chi connectivity index (χ3n) is 2.56. The number of primary amides is 1. The molecule has 0 saturated heterocycles. The summed E-state index contributed by atoms with van der Waals surface area (Å²) in [5.41, 5.74) is 6.27. The summed E-state index contributed by atoms with van der Waals surface area (Å²) in [5, 5.41) is 2.60. The lowest BCUT2D eigenvalue weighted by Crippen LogP contribution is -2.44. The lowest BCUT2D eigenvalue weighted by Gasteiger charge is -2.13. The molecule has 0 unspecified atom stereocenters. The van der Waals surface area contributed by atoms with Gasteiger partial charge in [0.25, 0.3) is 0 Å². The summed E-state index contributed by atoms with van der Waals surface area (Å²) >= 11 is 0. The number of rotatable bonds is 7. The highest BCUT2D eigenvalue weighted by molar-refractivity contribution is 5.86. The highest BCUT2D eigenvalue weighted by Gasteiger charge is 2.15. The van der Waals surface area contributed by atoms with Crippen LogP contribution < -0.4 is 11.1 Å². The van der Waals surface area contributed by atoms with Crippen molar-refractivity contribution in [3.8, 4) is 0 Å². The molecule has 18 heavy (non-hydrogen) atoms. The molecule has 0 aromatic heterocycles. The highest BCUT2D eigenvalue weighted by atomic mass is 16.2. The van der Waals surface area contributed by atoms with E-state index in [0.29, 0.717) is 19.3 Å². The van der Waals surface area contributed by atoms with Crippen LogP contribution >= 0.6 is 0 Å². The predicted molar refractivity (Wildman–Crippen MR) is 70.7 cm³/mol. The van der Waals surface area contributed by atoms with Gasteiger partial charge >= 0.3 is 0 Å². The number of carbonyl (C=O) groups excluding carboxylic acids is 2. The number of carbonyl (C=O) groups is 2. The van der Waals surface area contributed by atoms with Gasteiger partial charge in [0.2, 0.25) is 11.8 Å². The summed E-state index contributed by atoms with van der Waals surface area (Å²) in [6.45, 7) is 3.52. The van der Waals surface area contributed by atoms with Crippen LogP contribution in [0.25, 0.3) is 0 Å². The molecular formula is C14H18N2O2. The molecule has 3 N–H and O–H groups in total. The molecule has 0 saturated carbocycles.